The summed E-state index contributed by atoms with van der Waals surface area (Å²) in [5, 5.41) is 9.39. The molecule has 0 heterocycles. The molecule has 0 aliphatic rings. The van der Waals surface area contributed by atoms with Crippen molar-refractivity contribution in [2.24, 2.45) is 0 Å². The largest absolute Gasteiger partial charge is 0.493 e. The third-order valence-corrected chi connectivity index (χ3v) is 3.03. The van der Waals surface area contributed by atoms with Crippen LogP contribution in [0, 0.1) is 0 Å². The SMILES string of the molecule is COc1ccc(/C=C(\C(=O)O)c2ccccc2)cc1OC. The normalized spacial score (nSPS) is 11.0. The summed E-state index contributed by atoms with van der Waals surface area (Å²) in [5.41, 5.74) is 1.61. The van der Waals surface area contributed by atoms with E-state index in [-0.39, 0.29) is 5.57 Å². The average Bonchev–Trinajstić information content (AvgIpc) is 2.52. The molecule has 0 amide bonds. The third-order valence-electron chi connectivity index (χ3n) is 3.03. The number of carbonyl (C=O) groups is 1. The summed E-state index contributed by atoms with van der Waals surface area (Å²) in [5.74, 6) is 0.186. The molecule has 0 unspecified atom stereocenters. The van der Waals surface area contributed by atoms with Gasteiger partial charge in [-0.2, -0.15) is 0 Å². The molecule has 0 spiro atoms. The van der Waals surface area contributed by atoms with Crippen molar-refractivity contribution in [1.82, 2.24) is 0 Å². The first-order valence-corrected chi connectivity index (χ1v) is 6.38. The summed E-state index contributed by atoms with van der Waals surface area (Å²) in [6, 6.07) is 14.3. The minimum Gasteiger partial charge on any atom is -0.493 e. The first kappa shape index (κ1) is 14.7. The van der Waals surface area contributed by atoms with Gasteiger partial charge in [-0.1, -0.05) is 36.4 Å². The molecule has 0 saturated carbocycles. The van der Waals surface area contributed by atoms with Crippen LogP contribution in [0.25, 0.3) is 11.6 Å². The Bertz CT molecular complexity index is 660. The molecule has 4 heteroatoms. The average molecular weight is 284 g/mol. The number of methoxy groups -OCH3 is 2. The first-order valence-electron chi connectivity index (χ1n) is 6.38. The molecular formula is C17H16O4. The van der Waals surface area contributed by atoms with E-state index >= 15 is 0 Å². The van der Waals surface area contributed by atoms with Crippen LogP contribution in [0.1, 0.15) is 11.1 Å². The number of benzene rings is 2. The Hall–Kier alpha value is -2.75. The molecular weight excluding hydrogens is 268 g/mol. The molecule has 0 bridgehead atoms. The van der Waals surface area contributed by atoms with Gasteiger partial charge in [0.2, 0.25) is 0 Å². The fourth-order valence-electron chi connectivity index (χ4n) is 2.00. The molecule has 2 aromatic rings. The lowest BCUT2D eigenvalue weighted by atomic mass is 10.0. The van der Waals surface area contributed by atoms with Crippen molar-refractivity contribution in [3.63, 3.8) is 0 Å². The number of carboxylic acids is 1. The van der Waals surface area contributed by atoms with Crippen LogP contribution in [0.5, 0.6) is 11.5 Å². The minimum atomic E-state index is -0.976. The maximum Gasteiger partial charge on any atom is 0.336 e. The van der Waals surface area contributed by atoms with Crippen LogP contribution in [-0.2, 0) is 4.79 Å². The molecule has 0 radical (unpaired) electrons. The lowest BCUT2D eigenvalue weighted by Crippen LogP contribution is -1.99. The number of aliphatic carboxylic acids is 1. The Morgan fingerprint density at radius 3 is 2.24 bits per heavy atom. The smallest absolute Gasteiger partial charge is 0.336 e. The monoisotopic (exact) mass is 284 g/mol. The predicted molar refractivity (Wildman–Crippen MR) is 81.5 cm³/mol. The van der Waals surface area contributed by atoms with Crippen LogP contribution < -0.4 is 9.47 Å². The lowest BCUT2D eigenvalue weighted by Gasteiger charge is -2.08. The molecule has 1 N–H and O–H groups in total. The Labute approximate surface area is 123 Å². The molecule has 21 heavy (non-hydrogen) atoms. The number of rotatable bonds is 5. The van der Waals surface area contributed by atoms with Gasteiger partial charge in [0.05, 0.1) is 19.8 Å². The zero-order chi connectivity index (χ0) is 15.2. The van der Waals surface area contributed by atoms with Gasteiger partial charge in [0.15, 0.2) is 11.5 Å². The molecule has 0 atom stereocenters. The second-order valence-electron chi connectivity index (χ2n) is 4.34. The van der Waals surface area contributed by atoms with Crippen LogP contribution in [-0.4, -0.2) is 25.3 Å². The van der Waals surface area contributed by atoms with Gasteiger partial charge in [0.25, 0.3) is 0 Å². The van der Waals surface area contributed by atoms with E-state index in [1.54, 1.807) is 62.8 Å². The fraction of sp³-hybridized carbons (Fsp3) is 0.118. The molecule has 0 fully saturated rings. The summed E-state index contributed by atoms with van der Waals surface area (Å²) >= 11 is 0. The van der Waals surface area contributed by atoms with Crippen molar-refractivity contribution in [3.8, 4) is 11.5 Å². The van der Waals surface area contributed by atoms with Gasteiger partial charge in [-0.05, 0) is 29.3 Å². The van der Waals surface area contributed by atoms with E-state index in [0.29, 0.717) is 17.1 Å². The molecule has 0 aliphatic heterocycles. The Balaban J connectivity index is 2.46. The van der Waals surface area contributed by atoms with Crippen LogP contribution in [0.2, 0.25) is 0 Å². The first-order chi connectivity index (χ1) is 10.2. The maximum atomic E-state index is 11.5. The summed E-state index contributed by atoms with van der Waals surface area (Å²) in [4.78, 5) is 11.5. The molecule has 0 aliphatic carbocycles. The quantitative estimate of drug-likeness (QED) is 0.676. The van der Waals surface area contributed by atoms with E-state index in [0.717, 1.165) is 5.56 Å². The van der Waals surface area contributed by atoms with Gasteiger partial charge < -0.3 is 14.6 Å². The topological polar surface area (TPSA) is 55.8 Å². The van der Waals surface area contributed by atoms with Crippen LogP contribution in [0.4, 0.5) is 0 Å². The highest BCUT2D eigenvalue weighted by Gasteiger charge is 2.11. The van der Waals surface area contributed by atoms with E-state index in [9.17, 15) is 9.90 Å². The second kappa shape index (κ2) is 6.61. The third kappa shape index (κ3) is 3.42. The van der Waals surface area contributed by atoms with Gasteiger partial charge in [-0.15, -0.1) is 0 Å². The Kier molecular flexibility index (Phi) is 4.61. The van der Waals surface area contributed by atoms with E-state index in [2.05, 4.69) is 0 Å². The van der Waals surface area contributed by atoms with Crippen molar-refractivity contribution in [2.75, 3.05) is 14.2 Å². The van der Waals surface area contributed by atoms with Gasteiger partial charge in [-0.25, -0.2) is 4.79 Å². The summed E-state index contributed by atoms with van der Waals surface area (Å²) in [7, 11) is 3.10. The highest BCUT2D eigenvalue weighted by Crippen LogP contribution is 2.29. The van der Waals surface area contributed by atoms with E-state index in [4.69, 9.17) is 9.47 Å². The van der Waals surface area contributed by atoms with Crippen LogP contribution in [0.3, 0.4) is 0 Å². The molecule has 2 aromatic carbocycles. The summed E-state index contributed by atoms with van der Waals surface area (Å²) < 4.78 is 10.4. The van der Waals surface area contributed by atoms with Gasteiger partial charge >= 0.3 is 5.97 Å². The van der Waals surface area contributed by atoms with Gasteiger partial charge in [-0.3, -0.25) is 0 Å². The van der Waals surface area contributed by atoms with Crippen LogP contribution >= 0.6 is 0 Å². The summed E-state index contributed by atoms with van der Waals surface area (Å²) in [6.07, 6.45) is 1.61. The minimum absolute atomic E-state index is 0.225. The fourth-order valence-corrected chi connectivity index (χ4v) is 2.00. The highest BCUT2D eigenvalue weighted by atomic mass is 16.5. The Morgan fingerprint density at radius 2 is 1.67 bits per heavy atom. The standard InChI is InChI=1S/C17H16O4/c1-20-15-9-8-12(11-16(15)21-2)10-14(17(18)19)13-6-4-3-5-7-13/h3-11H,1-2H3,(H,18,19)/b14-10-. The summed E-state index contributed by atoms with van der Waals surface area (Å²) in [6.45, 7) is 0. The number of hydrogen-bond donors (Lipinski definition) is 1. The zero-order valence-electron chi connectivity index (χ0n) is 11.9. The van der Waals surface area contributed by atoms with Gasteiger partial charge in [0.1, 0.15) is 0 Å². The van der Waals surface area contributed by atoms with E-state index in [1.807, 2.05) is 6.07 Å². The Morgan fingerprint density at radius 1 is 1.00 bits per heavy atom. The zero-order valence-corrected chi connectivity index (χ0v) is 11.9. The van der Waals surface area contributed by atoms with Crippen molar-refractivity contribution in [1.29, 1.82) is 0 Å². The predicted octanol–water partition coefficient (Wildman–Crippen LogP) is 3.33. The molecule has 2 rings (SSSR count). The van der Waals surface area contributed by atoms with Crippen molar-refractivity contribution < 1.29 is 19.4 Å². The van der Waals surface area contributed by atoms with Crippen molar-refractivity contribution in [3.05, 3.63) is 59.7 Å². The van der Waals surface area contributed by atoms with Gasteiger partial charge in [0, 0.05) is 0 Å². The highest BCUT2D eigenvalue weighted by molar-refractivity contribution is 6.20. The number of hydrogen-bond acceptors (Lipinski definition) is 3. The molecule has 4 nitrogen and oxygen atoms in total. The van der Waals surface area contributed by atoms with E-state index < -0.39 is 5.97 Å². The van der Waals surface area contributed by atoms with Crippen molar-refractivity contribution in [2.45, 2.75) is 0 Å². The molecule has 108 valence electrons. The maximum absolute atomic E-state index is 11.5. The second-order valence-corrected chi connectivity index (χ2v) is 4.34. The van der Waals surface area contributed by atoms with Crippen molar-refractivity contribution >= 4 is 17.6 Å². The van der Waals surface area contributed by atoms with E-state index in [1.165, 1.54) is 0 Å². The lowest BCUT2D eigenvalue weighted by molar-refractivity contribution is -0.130. The molecule has 0 aromatic heterocycles. The molecule has 0 saturated heterocycles. The van der Waals surface area contributed by atoms with Crippen LogP contribution in [0.15, 0.2) is 48.5 Å². The number of carboxylic acid groups (broad SMARTS) is 1. The number of ether oxygens (including phenoxy) is 2.